The monoisotopic (exact) mass is 452 g/mol. The van der Waals surface area contributed by atoms with Crippen molar-refractivity contribution in [3.8, 4) is 0 Å². The van der Waals surface area contributed by atoms with E-state index in [1.807, 2.05) is 4.90 Å². The lowest BCUT2D eigenvalue weighted by atomic mass is 9.73. The lowest BCUT2D eigenvalue weighted by molar-refractivity contribution is -0.145. The standard InChI is InChI=1S/C26H39F3N2O/c1-5-7-22(8-6-2)30-23-11-13-25(16-23,18(3)4)24(32)31-14-12-19-9-10-21(26(27,28)29)15-20(19)17-31/h9-10,15,18,22-23,30H,5-8,11-14,16-17H2,1-4H3/t23-,25+/m1/s1. The Hall–Kier alpha value is -1.56. The molecular formula is C26H39F3N2O. The van der Waals surface area contributed by atoms with Gasteiger partial charge in [0.1, 0.15) is 0 Å². The quantitative estimate of drug-likeness (QED) is 0.499. The molecule has 1 aromatic rings. The predicted molar refractivity (Wildman–Crippen MR) is 122 cm³/mol. The van der Waals surface area contributed by atoms with Crippen LogP contribution in [0.5, 0.6) is 0 Å². The van der Waals surface area contributed by atoms with E-state index >= 15 is 0 Å². The van der Waals surface area contributed by atoms with Crippen molar-refractivity contribution >= 4 is 5.91 Å². The van der Waals surface area contributed by atoms with Crippen molar-refractivity contribution in [1.29, 1.82) is 0 Å². The molecule has 1 amide bonds. The first-order chi connectivity index (χ1) is 15.1. The maximum Gasteiger partial charge on any atom is 0.416 e. The van der Waals surface area contributed by atoms with Gasteiger partial charge in [0.15, 0.2) is 0 Å². The number of alkyl halides is 3. The minimum Gasteiger partial charge on any atom is -0.338 e. The Morgan fingerprint density at radius 1 is 1.19 bits per heavy atom. The third kappa shape index (κ3) is 5.32. The molecule has 32 heavy (non-hydrogen) atoms. The van der Waals surface area contributed by atoms with Gasteiger partial charge in [0.25, 0.3) is 0 Å². The number of hydrogen-bond donors (Lipinski definition) is 1. The van der Waals surface area contributed by atoms with Gasteiger partial charge in [0.2, 0.25) is 5.91 Å². The number of nitrogens with one attached hydrogen (secondary N) is 1. The van der Waals surface area contributed by atoms with Gasteiger partial charge in [0.05, 0.1) is 11.0 Å². The smallest absolute Gasteiger partial charge is 0.338 e. The summed E-state index contributed by atoms with van der Waals surface area (Å²) in [4.78, 5) is 15.6. The highest BCUT2D eigenvalue weighted by Crippen LogP contribution is 2.47. The summed E-state index contributed by atoms with van der Waals surface area (Å²) in [6.45, 7) is 9.51. The molecule has 0 spiro atoms. The number of fused-ring (bicyclic) bond motifs is 1. The summed E-state index contributed by atoms with van der Waals surface area (Å²) in [5.41, 5.74) is 0.498. The zero-order valence-electron chi connectivity index (χ0n) is 20.0. The molecule has 1 saturated carbocycles. The first kappa shape index (κ1) is 25.1. The number of hydrogen-bond acceptors (Lipinski definition) is 2. The highest BCUT2D eigenvalue weighted by atomic mass is 19.4. The summed E-state index contributed by atoms with van der Waals surface area (Å²) in [6.07, 6.45) is 3.49. The number of carbonyl (C=O) groups excluding carboxylic acids is 1. The van der Waals surface area contributed by atoms with Crippen LogP contribution in [0, 0.1) is 11.3 Å². The molecule has 1 N–H and O–H groups in total. The fraction of sp³-hybridized carbons (Fsp3) is 0.731. The van der Waals surface area contributed by atoms with Gasteiger partial charge in [-0.05, 0) is 67.7 Å². The molecule has 2 aliphatic rings. The van der Waals surface area contributed by atoms with Crippen LogP contribution in [0.25, 0.3) is 0 Å². The number of benzene rings is 1. The van der Waals surface area contributed by atoms with Gasteiger partial charge < -0.3 is 10.2 Å². The Morgan fingerprint density at radius 2 is 1.88 bits per heavy atom. The van der Waals surface area contributed by atoms with Gasteiger partial charge in [-0.15, -0.1) is 0 Å². The Kier molecular flexibility index (Phi) is 7.95. The molecule has 1 aliphatic heterocycles. The highest BCUT2D eigenvalue weighted by Gasteiger charge is 2.49. The van der Waals surface area contributed by atoms with Crippen LogP contribution in [0.3, 0.4) is 0 Å². The molecule has 0 aromatic heterocycles. The van der Waals surface area contributed by atoms with Crippen LogP contribution in [-0.4, -0.2) is 29.4 Å². The fourth-order valence-corrected chi connectivity index (χ4v) is 5.75. The van der Waals surface area contributed by atoms with Crippen LogP contribution in [0.4, 0.5) is 13.2 Å². The van der Waals surface area contributed by atoms with Gasteiger partial charge >= 0.3 is 6.18 Å². The molecule has 1 aromatic carbocycles. The molecular weight excluding hydrogens is 413 g/mol. The van der Waals surface area contributed by atoms with Crippen molar-refractivity contribution in [2.75, 3.05) is 6.54 Å². The van der Waals surface area contributed by atoms with Gasteiger partial charge in [-0.2, -0.15) is 13.2 Å². The molecule has 1 fully saturated rings. The van der Waals surface area contributed by atoms with E-state index in [1.54, 1.807) is 6.07 Å². The minimum atomic E-state index is -4.36. The molecule has 0 radical (unpaired) electrons. The van der Waals surface area contributed by atoms with Crippen molar-refractivity contribution in [2.45, 2.75) is 104 Å². The van der Waals surface area contributed by atoms with Crippen molar-refractivity contribution < 1.29 is 18.0 Å². The molecule has 0 unspecified atom stereocenters. The number of carbonyl (C=O) groups is 1. The van der Waals surface area contributed by atoms with E-state index in [4.69, 9.17) is 0 Å². The second kappa shape index (κ2) is 10.1. The van der Waals surface area contributed by atoms with E-state index < -0.39 is 17.2 Å². The van der Waals surface area contributed by atoms with Crippen LogP contribution in [0.1, 0.15) is 89.3 Å². The molecule has 6 heteroatoms. The maximum absolute atomic E-state index is 13.8. The summed E-state index contributed by atoms with van der Waals surface area (Å²) in [5, 5.41) is 3.83. The number of amides is 1. The van der Waals surface area contributed by atoms with Gasteiger partial charge in [-0.25, -0.2) is 0 Å². The Balaban J connectivity index is 1.75. The topological polar surface area (TPSA) is 32.3 Å². The summed E-state index contributed by atoms with van der Waals surface area (Å²) in [7, 11) is 0. The summed E-state index contributed by atoms with van der Waals surface area (Å²) in [6, 6.07) is 4.79. The van der Waals surface area contributed by atoms with Crippen LogP contribution in [-0.2, 0) is 23.9 Å². The SMILES string of the molecule is CCCC(CCC)N[C@@H]1CC[C@@](C(=O)N2CCc3ccc(C(F)(F)F)cc3C2)(C(C)C)C1. The lowest BCUT2D eigenvalue weighted by Crippen LogP contribution is -2.48. The van der Waals surface area contributed by atoms with Crippen LogP contribution in [0.2, 0.25) is 0 Å². The number of rotatable bonds is 8. The number of nitrogens with zero attached hydrogens (tertiary/aromatic N) is 1. The Morgan fingerprint density at radius 3 is 2.47 bits per heavy atom. The Bertz CT molecular complexity index is 786. The average molecular weight is 453 g/mol. The van der Waals surface area contributed by atoms with E-state index in [9.17, 15) is 18.0 Å². The first-order valence-corrected chi connectivity index (χ1v) is 12.3. The predicted octanol–water partition coefficient (Wildman–Crippen LogP) is 6.34. The highest BCUT2D eigenvalue weighted by molar-refractivity contribution is 5.84. The average Bonchev–Trinajstić information content (AvgIpc) is 3.17. The van der Waals surface area contributed by atoms with E-state index in [0.717, 1.165) is 56.6 Å². The normalized spacial score (nSPS) is 23.8. The zero-order chi connectivity index (χ0) is 23.5. The molecule has 180 valence electrons. The van der Waals surface area contributed by atoms with E-state index in [0.29, 0.717) is 30.6 Å². The summed E-state index contributed by atoms with van der Waals surface area (Å²) in [5.74, 6) is 0.322. The largest absolute Gasteiger partial charge is 0.416 e. The molecule has 1 aliphatic carbocycles. The molecule has 0 bridgehead atoms. The maximum atomic E-state index is 13.8. The van der Waals surface area contributed by atoms with Crippen LogP contribution < -0.4 is 5.32 Å². The van der Waals surface area contributed by atoms with Crippen molar-refractivity contribution in [3.05, 3.63) is 34.9 Å². The lowest BCUT2D eigenvalue weighted by Gasteiger charge is -2.40. The number of halogens is 3. The van der Waals surface area contributed by atoms with E-state index in [-0.39, 0.29) is 18.4 Å². The van der Waals surface area contributed by atoms with Crippen LogP contribution in [0.15, 0.2) is 18.2 Å². The van der Waals surface area contributed by atoms with Crippen LogP contribution >= 0.6 is 0 Å². The third-order valence-electron chi connectivity index (χ3n) is 7.66. The molecule has 3 rings (SSSR count). The molecule has 0 saturated heterocycles. The van der Waals surface area contributed by atoms with E-state index in [2.05, 4.69) is 33.0 Å². The summed E-state index contributed by atoms with van der Waals surface area (Å²) < 4.78 is 39.6. The second-order valence-electron chi connectivity index (χ2n) is 10.1. The van der Waals surface area contributed by atoms with Gasteiger partial charge in [-0.3, -0.25) is 4.79 Å². The van der Waals surface area contributed by atoms with Crippen molar-refractivity contribution in [2.24, 2.45) is 11.3 Å². The molecule has 2 atom stereocenters. The van der Waals surface area contributed by atoms with E-state index in [1.165, 1.54) is 6.07 Å². The van der Waals surface area contributed by atoms with Crippen molar-refractivity contribution in [3.63, 3.8) is 0 Å². The Labute approximate surface area is 191 Å². The minimum absolute atomic E-state index is 0.127. The molecule has 3 nitrogen and oxygen atoms in total. The zero-order valence-corrected chi connectivity index (χ0v) is 20.0. The third-order valence-corrected chi connectivity index (χ3v) is 7.66. The summed E-state index contributed by atoms with van der Waals surface area (Å²) >= 11 is 0. The van der Waals surface area contributed by atoms with Crippen molar-refractivity contribution in [1.82, 2.24) is 10.2 Å². The van der Waals surface area contributed by atoms with Gasteiger partial charge in [-0.1, -0.05) is 46.6 Å². The fourth-order valence-electron chi connectivity index (χ4n) is 5.75. The first-order valence-electron chi connectivity index (χ1n) is 12.3. The second-order valence-corrected chi connectivity index (χ2v) is 10.1. The van der Waals surface area contributed by atoms with Gasteiger partial charge in [0, 0.05) is 25.2 Å². The molecule has 1 heterocycles.